The predicted octanol–water partition coefficient (Wildman–Crippen LogP) is 2.95. The van der Waals surface area contributed by atoms with Crippen molar-refractivity contribution in [2.45, 2.75) is 26.3 Å². The summed E-state index contributed by atoms with van der Waals surface area (Å²) in [5.74, 6) is 0.295. The average Bonchev–Trinajstić information content (AvgIpc) is 2.34. The molecule has 1 fully saturated rings. The molecule has 0 amide bonds. The smallest absolute Gasteiger partial charge is 0.120 e. The van der Waals surface area contributed by atoms with Crippen LogP contribution in [0.15, 0.2) is 18.2 Å². The molecule has 0 aliphatic carbocycles. The van der Waals surface area contributed by atoms with E-state index in [-0.39, 0.29) is 0 Å². The molecule has 4 heteroatoms. The van der Waals surface area contributed by atoms with E-state index >= 15 is 0 Å². The topological polar surface area (TPSA) is 41.5 Å². The zero-order valence-electron chi connectivity index (χ0n) is 10.7. The van der Waals surface area contributed by atoms with Crippen LogP contribution in [0.5, 0.6) is 5.75 Å². The second kappa shape index (κ2) is 5.91. The minimum atomic E-state index is 0.295. The van der Waals surface area contributed by atoms with Gasteiger partial charge in [-0.2, -0.15) is 0 Å². The van der Waals surface area contributed by atoms with Gasteiger partial charge >= 0.3 is 0 Å². The molecule has 3 nitrogen and oxygen atoms in total. The van der Waals surface area contributed by atoms with E-state index in [1.807, 2.05) is 0 Å². The second-order valence-corrected chi connectivity index (χ2v) is 5.74. The van der Waals surface area contributed by atoms with Gasteiger partial charge < -0.3 is 15.2 Å². The monoisotopic (exact) mass is 269 g/mol. The summed E-state index contributed by atoms with van der Waals surface area (Å²) >= 11 is 5.92. The molecule has 0 unspecified atom stereocenters. The van der Waals surface area contributed by atoms with Crippen molar-refractivity contribution in [2.75, 3.05) is 19.8 Å². The quantitative estimate of drug-likeness (QED) is 0.883. The van der Waals surface area contributed by atoms with Crippen molar-refractivity contribution in [1.29, 1.82) is 0 Å². The fourth-order valence-corrected chi connectivity index (χ4v) is 2.43. The van der Waals surface area contributed by atoms with Crippen molar-refractivity contribution >= 4 is 11.6 Å². The molecule has 0 atom stereocenters. The molecule has 2 rings (SSSR count). The van der Waals surface area contributed by atoms with Gasteiger partial charge in [-0.15, -0.1) is 0 Å². The molecule has 0 bridgehead atoms. The van der Waals surface area contributed by atoms with Crippen LogP contribution in [0.3, 0.4) is 0 Å². The molecule has 1 heterocycles. The summed E-state index contributed by atoms with van der Waals surface area (Å²) in [6.45, 7) is 5.55. The van der Waals surface area contributed by atoms with Crippen molar-refractivity contribution in [3.05, 3.63) is 28.8 Å². The van der Waals surface area contributed by atoms with E-state index in [4.69, 9.17) is 16.3 Å². The molecular weight excluding hydrogens is 250 g/mol. The SMILES string of the molecule is CC1(CNCc2cc(Cl)ccc2O)CCOCC1. The first-order valence-electron chi connectivity index (χ1n) is 6.35. The van der Waals surface area contributed by atoms with Gasteiger partial charge in [0.15, 0.2) is 0 Å². The molecule has 0 spiro atoms. The lowest BCUT2D eigenvalue weighted by molar-refractivity contribution is 0.0240. The van der Waals surface area contributed by atoms with E-state index in [1.165, 1.54) is 0 Å². The third-order valence-corrected chi connectivity index (χ3v) is 3.84. The highest BCUT2D eigenvalue weighted by Crippen LogP contribution is 2.29. The van der Waals surface area contributed by atoms with E-state index in [9.17, 15) is 5.11 Å². The third-order valence-electron chi connectivity index (χ3n) is 3.61. The zero-order chi connectivity index (χ0) is 13.0. The summed E-state index contributed by atoms with van der Waals surface area (Å²) in [5.41, 5.74) is 1.14. The lowest BCUT2D eigenvalue weighted by Gasteiger charge is -2.33. The van der Waals surface area contributed by atoms with Gasteiger partial charge in [-0.1, -0.05) is 18.5 Å². The Bertz CT molecular complexity index is 403. The summed E-state index contributed by atoms with van der Waals surface area (Å²) in [6.07, 6.45) is 2.17. The molecule has 100 valence electrons. The summed E-state index contributed by atoms with van der Waals surface area (Å²) in [6, 6.07) is 5.13. The third kappa shape index (κ3) is 3.61. The molecule has 1 aromatic rings. The fourth-order valence-electron chi connectivity index (χ4n) is 2.24. The van der Waals surface area contributed by atoms with Crippen LogP contribution in [-0.4, -0.2) is 24.9 Å². The lowest BCUT2D eigenvalue weighted by atomic mass is 9.82. The highest BCUT2D eigenvalue weighted by atomic mass is 35.5. The standard InChI is InChI=1S/C14H20ClNO2/c1-14(4-6-18-7-5-14)10-16-9-11-8-12(15)2-3-13(11)17/h2-3,8,16-17H,4-7,9-10H2,1H3. The van der Waals surface area contributed by atoms with Crippen LogP contribution < -0.4 is 5.32 Å². The maximum Gasteiger partial charge on any atom is 0.120 e. The molecule has 1 aromatic carbocycles. The predicted molar refractivity (Wildman–Crippen MR) is 73.0 cm³/mol. The second-order valence-electron chi connectivity index (χ2n) is 5.30. The number of rotatable bonds is 4. The van der Waals surface area contributed by atoms with Crippen LogP contribution in [0.25, 0.3) is 0 Å². The molecule has 1 aliphatic rings. The van der Waals surface area contributed by atoms with Crippen LogP contribution in [0, 0.1) is 5.41 Å². The molecule has 2 N–H and O–H groups in total. The van der Waals surface area contributed by atoms with E-state index in [1.54, 1.807) is 18.2 Å². The summed E-state index contributed by atoms with van der Waals surface area (Å²) < 4.78 is 5.38. The highest BCUT2D eigenvalue weighted by Gasteiger charge is 2.26. The Morgan fingerprint density at radius 3 is 2.83 bits per heavy atom. The molecule has 1 saturated heterocycles. The molecular formula is C14H20ClNO2. The van der Waals surface area contributed by atoms with Crippen LogP contribution >= 0.6 is 11.6 Å². The summed E-state index contributed by atoms with van der Waals surface area (Å²) in [7, 11) is 0. The maximum absolute atomic E-state index is 9.72. The zero-order valence-corrected chi connectivity index (χ0v) is 11.5. The number of halogens is 1. The maximum atomic E-state index is 9.72. The average molecular weight is 270 g/mol. The van der Waals surface area contributed by atoms with E-state index in [0.717, 1.165) is 38.2 Å². The minimum absolute atomic E-state index is 0.295. The summed E-state index contributed by atoms with van der Waals surface area (Å²) in [5, 5.41) is 13.8. The van der Waals surface area contributed by atoms with Gasteiger partial charge in [0.1, 0.15) is 5.75 Å². The van der Waals surface area contributed by atoms with Gasteiger partial charge in [0.25, 0.3) is 0 Å². The molecule has 0 radical (unpaired) electrons. The van der Waals surface area contributed by atoms with Crippen molar-refractivity contribution in [2.24, 2.45) is 5.41 Å². The van der Waals surface area contributed by atoms with Gasteiger partial charge in [0.2, 0.25) is 0 Å². The number of hydrogen-bond acceptors (Lipinski definition) is 3. The normalized spacial score (nSPS) is 18.8. The van der Waals surface area contributed by atoms with Gasteiger partial charge in [-0.25, -0.2) is 0 Å². The van der Waals surface area contributed by atoms with E-state index in [2.05, 4.69) is 12.2 Å². The number of hydrogen-bond donors (Lipinski definition) is 2. The number of nitrogens with one attached hydrogen (secondary N) is 1. The van der Waals surface area contributed by atoms with Gasteiger partial charge in [-0.3, -0.25) is 0 Å². The fraction of sp³-hybridized carbons (Fsp3) is 0.571. The van der Waals surface area contributed by atoms with E-state index in [0.29, 0.717) is 22.7 Å². The Morgan fingerprint density at radius 2 is 2.11 bits per heavy atom. The van der Waals surface area contributed by atoms with Gasteiger partial charge in [-0.05, 0) is 36.5 Å². The van der Waals surface area contributed by atoms with Crippen molar-refractivity contribution in [1.82, 2.24) is 5.32 Å². The van der Waals surface area contributed by atoms with E-state index < -0.39 is 0 Å². The first kappa shape index (κ1) is 13.7. The van der Waals surface area contributed by atoms with Crippen LogP contribution in [0.2, 0.25) is 5.02 Å². The first-order valence-corrected chi connectivity index (χ1v) is 6.73. The minimum Gasteiger partial charge on any atom is -0.508 e. The van der Waals surface area contributed by atoms with Crippen molar-refractivity contribution in [3.63, 3.8) is 0 Å². The molecule has 18 heavy (non-hydrogen) atoms. The Kier molecular flexibility index (Phi) is 4.49. The van der Waals surface area contributed by atoms with Crippen molar-refractivity contribution < 1.29 is 9.84 Å². The van der Waals surface area contributed by atoms with Crippen molar-refractivity contribution in [3.8, 4) is 5.75 Å². The number of phenolic OH excluding ortho intramolecular Hbond substituents is 1. The molecule has 0 saturated carbocycles. The highest BCUT2D eigenvalue weighted by molar-refractivity contribution is 6.30. The largest absolute Gasteiger partial charge is 0.508 e. The summed E-state index contributed by atoms with van der Waals surface area (Å²) in [4.78, 5) is 0. The first-order chi connectivity index (χ1) is 8.59. The van der Waals surface area contributed by atoms with Crippen LogP contribution in [0.1, 0.15) is 25.3 Å². The Balaban J connectivity index is 1.86. The lowest BCUT2D eigenvalue weighted by Crippen LogP contribution is -2.36. The molecule has 0 aromatic heterocycles. The molecule has 1 aliphatic heterocycles. The Labute approximate surface area is 113 Å². The van der Waals surface area contributed by atoms with Crippen LogP contribution in [-0.2, 0) is 11.3 Å². The number of phenols is 1. The van der Waals surface area contributed by atoms with Crippen LogP contribution in [0.4, 0.5) is 0 Å². The van der Waals surface area contributed by atoms with Gasteiger partial charge in [0, 0.05) is 36.9 Å². The Morgan fingerprint density at radius 1 is 1.39 bits per heavy atom. The Hall–Kier alpha value is -0.770. The number of aromatic hydroxyl groups is 1. The number of ether oxygens (including phenoxy) is 1. The number of benzene rings is 1. The van der Waals surface area contributed by atoms with Gasteiger partial charge in [0.05, 0.1) is 0 Å².